The molecule has 2 aromatic carbocycles. The quantitative estimate of drug-likeness (QED) is 0.671. The SMILES string of the molecule is O=C(C=Cc1cn(-c2ccccc2)nc1-c1ccc(F)cc1)N1CCC1. The van der Waals surface area contributed by atoms with Crippen molar-refractivity contribution in [2.24, 2.45) is 0 Å². The summed E-state index contributed by atoms with van der Waals surface area (Å²) in [6, 6.07) is 16.0. The Morgan fingerprint density at radius 2 is 1.77 bits per heavy atom. The molecule has 5 heteroatoms. The first-order chi connectivity index (χ1) is 12.7. The van der Waals surface area contributed by atoms with Crippen molar-refractivity contribution in [3.05, 3.63) is 78.3 Å². The fraction of sp³-hybridized carbons (Fsp3) is 0.143. The van der Waals surface area contributed by atoms with Gasteiger partial charge in [-0.15, -0.1) is 0 Å². The Morgan fingerprint density at radius 1 is 1.04 bits per heavy atom. The minimum absolute atomic E-state index is 0.00812. The first-order valence-corrected chi connectivity index (χ1v) is 8.59. The minimum Gasteiger partial charge on any atom is -0.339 e. The number of amides is 1. The molecular weight excluding hydrogens is 329 g/mol. The number of carbonyl (C=O) groups is 1. The maximum Gasteiger partial charge on any atom is 0.246 e. The van der Waals surface area contributed by atoms with Gasteiger partial charge in [0.05, 0.1) is 11.4 Å². The Morgan fingerprint density at radius 3 is 2.42 bits per heavy atom. The van der Waals surface area contributed by atoms with Crippen LogP contribution < -0.4 is 0 Å². The second-order valence-electron chi connectivity index (χ2n) is 6.23. The molecule has 1 aliphatic rings. The molecular formula is C21H18FN3O. The number of para-hydroxylation sites is 1. The molecule has 26 heavy (non-hydrogen) atoms. The van der Waals surface area contributed by atoms with Crippen LogP contribution in [0, 0.1) is 5.82 Å². The van der Waals surface area contributed by atoms with Gasteiger partial charge in [0.15, 0.2) is 0 Å². The standard InChI is InChI=1S/C21H18FN3O/c22-18-10-7-16(8-11-18)21-17(9-12-20(26)24-13-4-14-24)15-25(23-21)19-5-2-1-3-6-19/h1-3,5-12,15H,4,13-14H2. The zero-order chi connectivity index (χ0) is 17.9. The Balaban J connectivity index is 1.72. The number of halogens is 1. The number of hydrogen-bond donors (Lipinski definition) is 0. The predicted molar refractivity (Wildman–Crippen MR) is 99.2 cm³/mol. The van der Waals surface area contributed by atoms with Crippen LogP contribution in [0.25, 0.3) is 23.0 Å². The van der Waals surface area contributed by atoms with E-state index in [4.69, 9.17) is 0 Å². The molecule has 4 nitrogen and oxygen atoms in total. The second kappa shape index (κ2) is 6.96. The Labute approximate surface area is 151 Å². The van der Waals surface area contributed by atoms with Gasteiger partial charge in [-0.2, -0.15) is 5.10 Å². The molecule has 0 bridgehead atoms. The van der Waals surface area contributed by atoms with Crippen molar-refractivity contribution >= 4 is 12.0 Å². The van der Waals surface area contributed by atoms with Crippen LogP contribution in [0.4, 0.5) is 4.39 Å². The van der Waals surface area contributed by atoms with Gasteiger partial charge in [-0.25, -0.2) is 9.07 Å². The van der Waals surface area contributed by atoms with Crippen molar-refractivity contribution in [3.8, 4) is 16.9 Å². The molecule has 0 unspecified atom stereocenters. The maximum atomic E-state index is 13.3. The minimum atomic E-state index is -0.290. The Kier molecular flexibility index (Phi) is 4.35. The molecule has 0 saturated carbocycles. The summed E-state index contributed by atoms with van der Waals surface area (Å²) in [6.07, 6.45) is 6.31. The highest BCUT2D eigenvalue weighted by Crippen LogP contribution is 2.25. The van der Waals surface area contributed by atoms with Crippen LogP contribution in [-0.4, -0.2) is 33.7 Å². The van der Waals surface area contributed by atoms with E-state index in [0.29, 0.717) is 5.69 Å². The number of hydrogen-bond acceptors (Lipinski definition) is 2. The van der Waals surface area contributed by atoms with Gasteiger partial charge in [-0.1, -0.05) is 18.2 Å². The molecule has 1 fully saturated rings. The summed E-state index contributed by atoms with van der Waals surface area (Å²) in [5, 5.41) is 4.66. The van der Waals surface area contributed by atoms with E-state index in [9.17, 15) is 9.18 Å². The molecule has 130 valence electrons. The topological polar surface area (TPSA) is 38.1 Å². The molecule has 1 aromatic heterocycles. The summed E-state index contributed by atoms with van der Waals surface area (Å²) in [4.78, 5) is 13.9. The molecule has 1 aliphatic heterocycles. The summed E-state index contributed by atoms with van der Waals surface area (Å²) in [5.41, 5.74) is 3.25. The number of aromatic nitrogens is 2. The molecule has 1 saturated heterocycles. The van der Waals surface area contributed by atoms with E-state index < -0.39 is 0 Å². The average Bonchev–Trinajstić information content (AvgIpc) is 3.04. The van der Waals surface area contributed by atoms with Crippen LogP contribution in [0.3, 0.4) is 0 Å². The molecule has 0 atom stereocenters. The second-order valence-corrected chi connectivity index (χ2v) is 6.23. The van der Waals surface area contributed by atoms with Gasteiger partial charge < -0.3 is 4.90 Å². The number of likely N-dealkylation sites (tertiary alicyclic amines) is 1. The molecule has 0 aliphatic carbocycles. The molecule has 2 heterocycles. The van der Waals surface area contributed by atoms with E-state index in [1.807, 2.05) is 36.5 Å². The van der Waals surface area contributed by atoms with E-state index in [1.165, 1.54) is 12.1 Å². The fourth-order valence-electron chi connectivity index (χ4n) is 2.86. The molecule has 3 aromatic rings. The zero-order valence-electron chi connectivity index (χ0n) is 14.2. The molecule has 0 radical (unpaired) electrons. The number of rotatable bonds is 4. The van der Waals surface area contributed by atoms with Crippen molar-refractivity contribution in [2.45, 2.75) is 6.42 Å². The van der Waals surface area contributed by atoms with E-state index in [-0.39, 0.29) is 11.7 Å². The lowest BCUT2D eigenvalue weighted by molar-refractivity contribution is -0.129. The van der Waals surface area contributed by atoms with E-state index in [0.717, 1.165) is 36.3 Å². The first-order valence-electron chi connectivity index (χ1n) is 8.59. The van der Waals surface area contributed by atoms with Crippen molar-refractivity contribution < 1.29 is 9.18 Å². The fourth-order valence-corrected chi connectivity index (χ4v) is 2.86. The monoisotopic (exact) mass is 347 g/mol. The van der Waals surface area contributed by atoms with Crippen LogP contribution >= 0.6 is 0 Å². The zero-order valence-corrected chi connectivity index (χ0v) is 14.2. The van der Waals surface area contributed by atoms with Crippen LogP contribution in [0.5, 0.6) is 0 Å². The number of nitrogens with zero attached hydrogens (tertiary/aromatic N) is 3. The highest BCUT2D eigenvalue weighted by Gasteiger charge is 2.18. The van der Waals surface area contributed by atoms with Gasteiger partial charge in [0.2, 0.25) is 5.91 Å². The predicted octanol–water partition coefficient (Wildman–Crippen LogP) is 3.92. The number of benzene rings is 2. The average molecular weight is 347 g/mol. The lowest BCUT2D eigenvalue weighted by atomic mass is 10.1. The van der Waals surface area contributed by atoms with Crippen molar-refractivity contribution in [1.82, 2.24) is 14.7 Å². The van der Waals surface area contributed by atoms with E-state index in [2.05, 4.69) is 5.10 Å². The summed E-state index contributed by atoms with van der Waals surface area (Å²) < 4.78 is 15.0. The van der Waals surface area contributed by atoms with Crippen LogP contribution in [-0.2, 0) is 4.79 Å². The highest BCUT2D eigenvalue weighted by molar-refractivity contribution is 5.93. The van der Waals surface area contributed by atoms with Gasteiger partial charge in [-0.05, 0) is 48.9 Å². The van der Waals surface area contributed by atoms with Crippen LogP contribution in [0.2, 0.25) is 0 Å². The molecule has 0 spiro atoms. The summed E-state index contributed by atoms with van der Waals surface area (Å²) in [7, 11) is 0. The lowest BCUT2D eigenvalue weighted by Crippen LogP contribution is -2.40. The first kappa shape index (κ1) is 16.3. The van der Waals surface area contributed by atoms with E-state index >= 15 is 0 Å². The van der Waals surface area contributed by atoms with Gasteiger partial charge in [0, 0.05) is 36.5 Å². The van der Waals surface area contributed by atoms with Crippen molar-refractivity contribution in [1.29, 1.82) is 0 Å². The van der Waals surface area contributed by atoms with Gasteiger partial charge in [-0.3, -0.25) is 4.79 Å². The smallest absolute Gasteiger partial charge is 0.246 e. The maximum absolute atomic E-state index is 13.3. The third kappa shape index (κ3) is 3.28. The lowest BCUT2D eigenvalue weighted by Gasteiger charge is -2.29. The van der Waals surface area contributed by atoms with Gasteiger partial charge in [0.25, 0.3) is 0 Å². The molecule has 4 rings (SSSR count). The van der Waals surface area contributed by atoms with Crippen molar-refractivity contribution in [3.63, 3.8) is 0 Å². The third-order valence-electron chi connectivity index (χ3n) is 4.45. The van der Waals surface area contributed by atoms with Crippen LogP contribution in [0.15, 0.2) is 66.9 Å². The Hall–Kier alpha value is -3.21. The summed E-state index contributed by atoms with van der Waals surface area (Å²) in [5.74, 6) is -0.282. The summed E-state index contributed by atoms with van der Waals surface area (Å²) >= 11 is 0. The largest absolute Gasteiger partial charge is 0.339 e. The van der Waals surface area contributed by atoms with Crippen LogP contribution in [0.1, 0.15) is 12.0 Å². The number of carbonyl (C=O) groups excluding carboxylic acids is 1. The summed E-state index contributed by atoms with van der Waals surface area (Å²) in [6.45, 7) is 1.63. The third-order valence-corrected chi connectivity index (χ3v) is 4.45. The van der Waals surface area contributed by atoms with Crippen molar-refractivity contribution in [2.75, 3.05) is 13.1 Å². The van der Waals surface area contributed by atoms with E-state index in [1.54, 1.807) is 33.9 Å². The van der Waals surface area contributed by atoms with Gasteiger partial charge in [0.1, 0.15) is 5.82 Å². The molecule has 0 N–H and O–H groups in total. The molecule has 1 amide bonds. The normalized spacial score (nSPS) is 13.8. The Bertz CT molecular complexity index is 941. The highest BCUT2D eigenvalue weighted by atomic mass is 19.1. The van der Waals surface area contributed by atoms with Gasteiger partial charge >= 0.3 is 0 Å².